The van der Waals surface area contributed by atoms with Gasteiger partial charge in [0.2, 0.25) is 0 Å². The third-order valence-electron chi connectivity index (χ3n) is 5.39. The molecule has 2 heterocycles. The first kappa shape index (κ1) is 21.5. The Morgan fingerprint density at radius 2 is 1.97 bits per heavy atom. The number of rotatable bonds is 6. The van der Waals surface area contributed by atoms with Gasteiger partial charge in [0.1, 0.15) is 11.4 Å². The van der Waals surface area contributed by atoms with Crippen LogP contribution in [0.5, 0.6) is 0 Å². The van der Waals surface area contributed by atoms with E-state index in [4.69, 9.17) is 4.74 Å². The minimum atomic E-state index is -0.419. The van der Waals surface area contributed by atoms with Crippen molar-refractivity contribution in [3.05, 3.63) is 56.9 Å². The van der Waals surface area contributed by atoms with Crippen molar-refractivity contribution in [2.45, 2.75) is 40.2 Å². The molecule has 2 aromatic rings. The number of aryl methyl sites for hydroxylation is 1. The van der Waals surface area contributed by atoms with Crippen LogP contribution in [0.1, 0.15) is 47.1 Å². The van der Waals surface area contributed by atoms with Crippen LogP contribution in [-0.2, 0) is 16.1 Å². The number of piperidine rings is 1. The number of hydrogen-bond acceptors (Lipinski definition) is 6. The predicted molar refractivity (Wildman–Crippen MR) is 109 cm³/mol. The normalized spacial score (nSPS) is 16.4. The van der Waals surface area contributed by atoms with Crippen LogP contribution in [0.2, 0.25) is 0 Å². The van der Waals surface area contributed by atoms with E-state index in [2.05, 4.69) is 5.10 Å². The van der Waals surface area contributed by atoms with Crippen molar-refractivity contribution in [2.24, 2.45) is 5.92 Å². The second-order valence-corrected chi connectivity index (χ2v) is 7.47. The van der Waals surface area contributed by atoms with Crippen LogP contribution >= 0.6 is 0 Å². The summed E-state index contributed by atoms with van der Waals surface area (Å²) >= 11 is 0. The number of aromatic nitrogens is 2. The lowest BCUT2D eigenvalue weighted by Gasteiger charge is -2.31. The zero-order valence-electron chi connectivity index (χ0n) is 17.5. The molecule has 0 spiro atoms. The lowest BCUT2D eigenvalue weighted by Crippen LogP contribution is -2.42. The van der Waals surface area contributed by atoms with Crippen LogP contribution in [0, 0.1) is 29.9 Å². The predicted octanol–water partition coefficient (Wildman–Crippen LogP) is 2.87. The average Bonchev–Trinajstić information content (AvgIpc) is 3.01. The Morgan fingerprint density at radius 1 is 1.27 bits per heavy atom. The van der Waals surface area contributed by atoms with Gasteiger partial charge in [-0.1, -0.05) is 12.1 Å². The summed E-state index contributed by atoms with van der Waals surface area (Å²) in [5.74, 6) is -0.634. The minimum absolute atomic E-state index is 0.0306. The number of hydrogen-bond donors (Lipinski definition) is 0. The summed E-state index contributed by atoms with van der Waals surface area (Å²) in [7, 11) is 0. The summed E-state index contributed by atoms with van der Waals surface area (Å²) in [4.78, 5) is 37.3. The first-order valence-corrected chi connectivity index (χ1v) is 10.0. The van der Waals surface area contributed by atoms with E-state index in [9.17, 15) is 19.7 Å². The molecule has 30 heavy (non-hydrogen) atoms. The van der Waals surface area contributed by atoms with Gasteiger partial charge in [0.05, 0.1) is 24.0 Å². The molecule has 1 fully saturated rings. The number of nitro groups is 1. The Kier molecular flexibility index (Phi) is 6.49. The number of benzene rings is 1. The number of likely N-dealkylation sites (tertiary alicyclic amines) is 1. The molecular formula is C21H26N4O5. The van der Waals surface area contributed by atoms with Crippen molar-refractivity contribution in [1.29, 1.82) is 0 Å². The molecule has 0 aliphatic carbocycles. The smallest absolute Gasteiger partial charge is 0.312 e. The molecule has 1 atom stereocenters. The lowest BCUT2D eigenvalue weighted by molar-refractivity contribution is -0.386. The van der Waals surface area contributed by atoms with E-state index in [1.807, 2.05) is 12.1 Å². The Labute approximate surface area is 174 Å². The Morgan fingerprint density at radius 3 is 2.57 bits per heavy atom. The van der Waals surface area contributed by atoms with Gasteiger partial charge in [-0.25, -0.2) is 0 Å². The molecule has 1 aromatic carbocycles. The van der Waals surface area contributed by atoms with Gasteiger partial charge in [0, 0.05) is 18.7 Å². The number of amides is 1. The van der Waals surface area contributed by atoms with E-state index in [1.54, 1.807) is 42.5 Å². The third-order valence-corrected chi connectivity index (χ3v) is 5.39. The Balaban J connectivity index is 1.68. The quantitative estimate of drug-likeness (QED) is 0.409. The molecule has 0 N–H and O–H groups in total. The zero-order chi connectivity index (χ0) is 21.8. The first-order valence-electron chi connectivity index (χ1n) is 10.0. The van der Waals surface area contributed by atoms with Crippen molar-refractivity contribution in [3.8, 4) is 0 Å². The van der Waals surface area contributed by atoms with E-state index >= 15 is 0 Å². The monoisotopic (exact) mass is 414 g/mol. The molecule has 9 nitrogen and oxygen atoms in total. The molecule has 0 bridgehead atoms. The van der Waals surface area contributed by atoms with Crippen molar-refractivity contribution in [1.82, 2.24) is 14.7 Å². The summed E-state index contributed by atoms with van der Waals surface area (Å²) in [6.45, 7) is 6.76. The van der Waals surface area contributed by atoms with Gasteiger partial charge >= 0.3 is 11.7 Å². The first-order chi connectivity index (χ1) is 14.3. The zero-order valence-corrected chi connectivity index (χ0v) is 17.5. The van der Waals surface area contributed by atoms with Gasteiger partial charge in [-0.05, 0) is 51.3 Å². The maximum Gasteiger partial charge on any atom is 0.312 e. The SMILES string of the molecule is CCOC(=O)C1CCCN(C(=O)c2ccc(Cn3nc(C)c([N+](=O)[O-])c3C)cc2)C1. The van der Waals surface area contributed by atoms with Crippen LogP contribution in [0.4, 0.5) is 5.69 Å². The fourth-order valence-corrected chi connectivity index (χ4v) is 3.83. The highest BCUT2D eigenvalue weighted by Gasteiger charge is 2.29. The highest BCUT2D eigenvalue weighted by atomic mass is 16.6. The number of ether oxygens (including phenoxy) is 1. The van der Waals surface area contributed by atoms with Crippen LogP contribution in [0.25, 0.3) is 0 Å². The molecule has 160 valence electrons. The molecule has 1 aliphatic rings. The average molecular weight is 414 g/mol. The second kappa shape index (κ2) is 9.06. The van der Waals surface area contributed by atoms with Crippen molar-refractivity contribution in [2.75, 3.05) is 19.7 Å². The standard InChI is InChI=1S/C21H26N4O5/c1-4-30-21(27)18-6-5-11-23(13-18)20(26)17-9-7-16(8-10-17)12-24-15(3)19(25(28)29)14(2)22-24/h7-10,18H,4-6,11-13H2,1-3H3. The van der Waals surface area contributed by atoms with Gasteiger partial charge in [-0.15, -0.1) is 0 Å². The third kappa shape index (κ3) is 4.50. The van der Waals surface area contributed by atoms with Gasteiger partial charge < -0.3 is 9.64 Å². The molecule has 3 rings (SSSR count). The second-order valence-electron chi connectivity index (χ2n) is 7.47. The Bertz CT molecular complexity index is 951. The van der Waals surface area contributed by atoms with Crippen molar-refractivity contribution in [3.63, 3.8) is 0 Å². The summed E-state index contributed by atoms with van der Waals surface area (Å²) in [6, 6.07) is 7.13. The van der Waals surface area contributed by atoms with E-state index < -0.39 is 4.92 Å². The van der Waals surface area contributed by atoms with Gasteiger partial charge in [-0.2, -0.15) is 5.10 Å². The van der Waals surface area contributed by atoms with Crippen LogP contribution in [0.3, 0.4) is 0 Å². The number of nitrogens with zero attached hydrogens (tertiary/aromatic N) is 4. The topological polar surface area (TPSA) is 108 Å². The fourth-order valence-electron chi connectivity index (χ4n) is 3.83. The largest absolute Gasteiger partial charge is 0.466 e. The molecule has 0 saturated carbocycles. The maximum atomic E-state index is 12.9. The molecule has 1 aromatic heterocycles. The molecule has 1 amide bonds. The lowest BCUT2D eigenvalue weighted by atomic mass is 9.97. The number of carbonyl (C=O) groups excluding carboxylic acids is 2. The van der Waals surface area contributed by atoms with Crippen molar-refractivity contribution < 1.29 is 19.2 Å². The Hall–Kier alpha value is -3.23. The van der Waals surface area contributed by atoms with E-state index in [-0.39, 0.29) is 23.5 Å². The minimum Gasteiger partial charge on any atom is -0.466 e. The summed E-state index contributed by atoms with van der Waals surface area (Å²) in [5, 5.41) is 15.4. The summed E-state index contributed by atoms with van der Waals surface area (Å²) in [6.07, 6.45) is 1.50. The van der Waals surface area contributed by atoms with Crippen molar-refractivity contribution >= 4 is 17.6 Å². The van der Waals surface area contributed by atoms with Crippen LogP contribution in [0.15, 0.2) is 24.3 Å². The molecule has 0 radical (unpaired) electrons. The maximum absolute atomic E-state index is 12.9. The number of esters is 1. The molecule has 1 saturated heterocycles. The summed E-state index contributed by atoms with van der Waals surface area (Å²) < 4.78 is 6.69. The van der Waals surface area contributed by atoms with E-state index in [0.29, 0.717) is 43.2 Å². The summed E-state index contributed by atoms with van der Waals surface area (Å²) in [5.41, 5.74) is 2.34. The molecular weight excluding hydrogens is 388 g/mol. The van der Waals surface area contributed by atoms with Gasteiger partial charge in [0.15, 0.2) is 0 Å². The number of carbonyl (C=O) groups is 2. The molecule has 1 unspecified atom stereocenters. The van der Waals surface area contributed by atoms with E-state index in [0.717, 1.165) is 18.4 Å². The van der Waals surface area contributed by atoms with Crippen LogP contribution < -0.4 is 0 Å². The van der Waals surface area contributed by atoms with E-state index in [1.165, 1.54) is 0 Å². The molecule has 9 heteroatoms. The van der Waals surface area contributed by atoms with Gasteiger partial charge in [0.25, 0.3) is 5.91 Å². The van der Waals surface area contributed by atoms with Gasteiger partial charge in [-0.3, -0.25) is 24.4 Å². The fraction of sp³-hybridized carbons (Fsp3) is 0.476. The van der Waals surface area contributed by atoms with Crippen LogP contribution in [-0.4, -0.2) is 51.2 Å². The highest BCUT2D eigenvalue weighted by Crippen LogP contribution is 2.23. The highest BCUT2D eigenvalue weighted by molar-refractivity contribution is 5.94. The molecule has 1 aliphatic heterocycles.